The van der Waals surface area contributed by atoms with Gasteiger partial charge in [0.15, 0.2) is 0 Å². The van der Waals surface area contributed by atoms with Crippen LogP contribution in [-0.2, 0) is 9.53 Å². The van der Waals surface area contributed by atoms with Gasteiger partial charge in [-0.05, 0) is 32.1 Å². The van der Waals surface area contributed by atoms with E-state index in [4.69, 9.17) is 4.74 Å². The van der Waals surface area contributed by atoms with Crippen molar-refractivity contribution >= 4 is 5.97 Å². The maximum Gasteiger partial charge on any atom is 0.305 e. The lowest BCUT2D eigenvalue weighted by Crippen LogP contribution is -3.00. The van der Waals surface area contributed by atoms with E-state index in [0.717, 1.165) is 41.4 Å². The fraction of sp³-hybridized carbons (Fsp3) is 0.889. The van der Waals surface area contributed by atoms with Crippen LogP contribution in [0, 0.1) is 0 Å². The summed E-state index contributed by atoms with van der Waals surface area (Å²) >= 11 is 0. The summed E-state index contributed by atoms with van der Waals surface area (Å²) in [5.74, 6) is -0.0239. The number of allylic oxidation sites excluding steroid dienone is 2. The molecule has 0 unspecified atom stereocenters. The summed E-state index contributed by atoms with van der Waals surface area (Å²) in [5, 5.41) is 0. The summed E-state index contributed by atoms with van der Waals surface area (Å²) in [6, 6.07) is 0. The van der Waals surface area contributed by atoms with Crippen LogP contribution in [0.3, 0.4) is 0 Å². The molecule has 4 nitrogen and oxygen atoms in total. The van der Waals surface area contributed by atoms with Crippen molar-refractivity contribution in [3.63, 3.8) is 0 Å². The van der Waals surface area contributed by atoms with E-state index in [-0.39, 0.29) is 30.8 Å². The van der Waals surface area contributed by atoms with Gasteiger partial charge < -0.3 is 38.5 Å². The molecule has 0 saturated heterocycles. The van der Waals surface area contributed by atoms with E-state index in [1.165, 1.54) is 70.6 Å². The van der Waals surface area contributed by atoms with Crippen molar-refractivity contribution in [2.24, 2.45) is 0 Å². The van der Waals surface area contributed by atoms with Gasteiger partial charge in [0.05, 0.1) is 35.2 Å². The Balaban J connectivity index is -0.00000450. The van der Waals surface area contributed by atoms with Crippen LogP contribution >= 0.6 is 0 Å². The van der Waals surface area contributed by atoms with Crippen molar-refractivity contribution in [1.82, 2.24) is 0 Å². The SMILES string of the molecule is CCCCCCCC/C=C\CCCCCCCC(=O)OCC[N+](C)(C)CC[N+](C)(C)C.[Cl-].[Cl-]. The molecule has 33 heavy (non-hydrogen) atoms. The predicted octanol–water partition coefficient (Wildman–Crippen LogP) is 0.358. The van der Waals surface area contributed by atoms with Crippen molar-refractivity contribution in [2.75, 3.05) is 61.5 Å². The van der Waals surface area contributed by atoms with E-state index >= 15 is 0 Å². The number of ether oxygens (including phenoxy) is 1. The van der Waals surface area contributed by atoms with Gasteiger partial charge in [0, 0.05) is 6.42 Å². The van der Waals surface area contributed by atoms with Crippen molar-refractivity contribution in [3.05, 3.63) is 12.2 Å². The molecule has 0 heterocycles. The monoisotopic (exact) mass is 510 g/mol. The number of likely N-dealkylation sites (N-methyl/N-ethyl adjacent to an activating group) is 2. The lowest BCUT2D eigenvalue weighted by atomic mass is 10.1. The van der Waals surface area contributed by atoms with Gasteiger partial charge in [-0.2, -0.15) is 0 Å². The fourth-order valence-corrected chi connectivity index (χ4v) is 3.50. The highest BCUT2D eigenvalue weighted by Gasteiger charge is 2.20. The summed E-state index contributed by atoms with van der Waals surface area (Å²) < 4.78 is 7.33. The third-order valence-corrected chi connectivity index (χ3v) is 5.98. The summed E-state index contributed by atoms with van der Waals surface area (Å²) in [5.41, 5.74) is 0. The van der Waals surface area contributed by atoms with E-state index < -0.39 is 0 Å². The Hall–Kier alpha value is -0.290. The number of unbranched alkanes of at least 4 members (excludes halogenated alkanes) is 11. The summed E-state index contributed by atoms with van der Waals surface area (Å²) in [7, 11) is 11.1. The number of hydrogen-bond donors (Lipinski definition) is 0. The first-order valence-corrected chi connectivity index (χ1v) is 13.1. The van der Waals surface area contributed by atoms with Gasteiger partial charge in [-0.25, -0.2) is 0 Å². The molecule has 0 fully saturated rings. The molecule has 0 aliphatic rings. The van der Waals surface area contributed by atoms with E-state index in [1.807, 2.05) is 0 Å². The minimum atomic E-state index is -0.0239. The molecule has 0 radical (unpaired) electrons. The molecule has 0 aliphatic carbocycles. The van der Waals surface area contributed by atoms with Crippen LogP contribution in [-0.4, -0.2) is 76.4 Å². The van der Waals surface area contributed by atoms with Crippen LogP contribution in [0.25, 0.3) is 0 Å². The molecule has 0 aromatic carbocycles. The zero-order valence-electron chi connectivity index (χ0n) is 22.8. The second-order valence-electron chi connectivity index (χ2n) is 11.0. The number of quaternary nitrogens is 2. The van der Waals surface area contributed by atoms with Crippen molar-refractivity contribution in [1.29, 1.82) is 0 Å². The van der Waals surface area contributed by atoms with Gasteiger partial charge in [-0.3, -0.25) is 4.79 Å². The third-order valence-electron chi connectivity index (χ3n) is 5.98. The fourth-order valence-electron chi connectivity index (χ4n) is 3.50. The normalized spacial score (nSPS) is 11.8. The summed E-state index contributed by atoms with van der Waals surface area (Å²) in [6.07, 6.45) is 21.9. The van der Waals surface area contributed by atoms with Crippen LogP contribution in [0.4, 0.5) is 0 Å². The lowest BCUT2D eigenvalue weighted by molar-refractivity contribution is -0.937. The Bertz CT molecular complexity index is 464. The molecule has 0 spiro atoms. The minimum Gasteiger partial charge on any atom is -1.00 e. The van der Waals surface area contributed by atoms with Crippen LogP contribution in [0.15, 0.2) is 12.2 Å². The number of nitrogens with zero attached hydrogens (tertiary/aromatic N) is 2. The number of hydrogen-bond acceptors (Lipinski definition) is 2. The van der Waals surface area contributed by atoms with Gasteiger partial charge in [0.1, 0.15) is 26.2 Å². The smallest absolute Gasteiger partial charge is 0.305 e. The highest BCUT2D eigenvalue weighted by atomic mass is 35.5. The average molecular weight is 512 g/mol. The summed E-state index contributed by atoms with van der Waals surface area (Å²) in [4.78, 5) is 11.9. The molecule has 0 bridgehead atoms. The average Bonchev–Trinajstić information content (AvgIpc) is 2.69. The molecule has 200 valence electrons. The largest absolute Gasteiger partial charge is 1.00 e. The highest BCUT2D eigenvalue weighted by molar-refractivity contribution is 5.69. The molecule has 0 saturated carbocycles. The van der Waals surface area contributed by atoms with E-state index in [9.17, 15) is 4.79 Å². The Labute approximate surface area is 219 Å². The van der Waals surface area contributed by atoms with Crippen LogP contribution in [0.1, 0.15) is 96.8 Å². The molecule has 6 heteroatoms. The molecular weight excluding hydrogens is 455 g/mol. The lowest BCUT2D eigenvalue weighted by Gasteiger charge is -2.33. The first kappa shape index (κ1) is 37.3. The highest BCUT2D eigenvalue weighted by Crippen LogP contribution is 2.10. The van der Waals surface area contributed by atoms with Gasteiger partial charge in [0.2, 0.25) is 0 Å². The van der Waals surface area contributed by atoms with Crippen LogP contribution < -0.4 is 24.8 Å². The maximum atomic E-state index is 11.9. The zero-order valence-corrected chi connectivity index (χ0v) is 24.4. The minimum absolute atomic E-state index is 0. The Morgan fingerprint density at radius 2 is 1.15 bits per heavy atom. The standard InChI is InChI=1S/C27H56N2O2.2ClH/c1-7-8-9-10-11-12-13-14-15-16-17-18-19-20-21-22-27(30)31-26-25-29(5,6)24-23-28(2,3)4;;/h14-15H,7-13,16-26H2,1-6H3;2*1H/q+2;;/p-2/b15-14-;;. The molecule has 0 aromatic rings. The summed E-state index contributed by atoms with van der Waals surface area (Å²) in [6.45, 7) is 5.91. The molecule has 0 amide bonds. The molecular formula is C27H56Cl2N2O2. The second kappa shape index (κ2) is 23.5. The van der Waals surface area contributed by atoms with Crippen molar-refractivity contribution in [2.45, 2.75) is 96.8 Å². The van der Waals surface area contributed by atoms with Crippen LogP contribution in [0.2, 0.25) is 0 Å². The van der Waals surface area contributed by atoms with Crippen LogP contribution in [0.5, 0.6) is 0 Å². The third kappa shape index (κ3) is 29.7. The molecule has 0 N–H and O–H groups in total. The second-order valence-corrected chi connectivity index (χ2v) is 11.0. The van der Waals surface area contributed by atoms with Gasteiger partial charge >= 0.3 is 5.97 Å². The Kier molecular flexibility index (Phi) is 26.5. The first-order chi connectivity index (χ1) is 14.7. The maximum absolute atomic E-state index is 11.9. The molecule has 0 atom stereocenters. The zero-order chi connectivity index (χ0) is 23.4. The molecule has 0 rings (SSSR count). The number of carbonyl (C=O) groups is 1. The van der Waals surface area contributed by atoms with Crippen molar-refractivity contribution in [3.8, 4) is 0 Å². The van der Waals surface area contributed by atoms with Gasteiger partial charge in [-0.1, -0.05) is 70.4 Å². The molecule has 0 aliphatic heterocycles. The molecule has 0 aromatic heterocycles. The predicted molar refractivity (Wildman–Crippen MR) is 135 cm³/mol. The van der Waals surface area contributed by atoms with Crippen molar-refractivity contribution < 1.29 is 43.3 Å². The Morgan fingerprint density at radius 1 is 0.667 bits per heavy atom. The van der Waals surface area contributed by atoms with E-state index in [0.29, 0.717) is 13.0 Å². The quantitative estimate of drug-likeness (QED) is 0.0963. The number of esters is 1. The van der Waals surface area contributed by atoms with Gasteiger partial charge in [0.25, 0.3) is 0 Å². The van der Waals surface area contributed by atoms with E-state index in [1.54, 1.807) is 0 Å². The number of halogens is 2. The number of rotatable bonds is 21. The van der Waals surface area contributed by atoms with Gasteiger partial charge in [-0.15, -0.1) is 0 Å². The Morgan fingerprint density at radius 3 is 1.67 bits per heavy atom. The topological polar surface area (TPSA) is 26.3 Å². The first-order valence-electron chi connectivity index (χ1n) is 13.1. The number of carbonyl (C=O) groups excluding carboxylic acids is 1. The van der Waals surface area contributed by atoms with E-state index in [2.05, 4.69) is 54.3 Å².